The number of hydrogen-bond donors (Lipinski definition) is 4. The number of amides is 2. The number of alkyl carbamates (subject to hydrolysis) is 1. The van der Waals surface area contributed by atoms with Gasteiger partial charge in [0.15, 0.2) is 6.10 Å². The van der Waals surface area contributed by atoms with Crippen molar-refractivity contribution in [2.75, 3.05) is 13.2 Å². The highest BCUT2D eigenvalue weighted by Crippen LogP contribution is 2.44. The average Bonchev–Trinajstić information content (AvgIpc) is 3.10. The third-order valence-corrected chi connectivity index (χ3v) is 5.71. The summed E-state index contributed by atoms with van der Waals surface area (Å²) in [5.41, 5.74) is 0.268. The molecule has 0 fully saturated rings. The van der Waals surface area contributed by atoms with Gasteiger partial charge in [0.05, 0.1) is 0 Å². The maximum absolute atomic E-state index is 13.7. The van der Waals surface area contributed by atoms with Crippen molar-refractivity contribution in [3.05, 3.63) is 59.7 Å². The number of aliphatic hydroxyl groups is 1. The number of hydrogen-bond acceptors (Lipinski definition) is 5. The van der Waals surface area contributed by atoms with Crippen LogP contribution in [-0.2, 0) is 14.3 Å². The molecule has 2 aromatic rings. The second kappa shape index (κ2) is 9.72. The van der Waals surface area contributed by atoms with Gasteiger partial charge in [0.1, 0.15) is 6.61 Å². The smallest absolute Gasteiger partial charge is 0.420 e. The first-order valence-electron chi connectivity index (χ1n) is 10.3. The van der Waals surface area contributed by atoms with E-state index < -0.39 is 48.8 Å². The van der Waals surface area contributed by atoms with Crippen LogP contribution in [0, 0.1) is 0 Å². The van der Waals surface area contributed by atoms with Gasteiger partial charge in [-0.1, -0.05) is 48.5 Å². The van der Waals surface area contributed by atoms with Gasteiger partial charge in [0.2, 0.25) is 5.54 Å². The van der Waals surface area contributed by atoms with Crippen molar-refractivity contribution in [3.63, 3.8) is 0 Å². The molecular weight excluding hydrogens is 457 g/mol. The summed E-state index contributed by atoms with van der Waals surface area (Å²) in [6.07, 6.45) is -9.00. The first kappa shape index (κ1) is 25.0. The fourth-order valence-electron chi connectivity index (χ4n) is 3.72. The van der Waals surface area contributed by atoms with E-state index in [1.807, 2.05) is 53.8 Å². The molecule has 8 nitrogen and oxygen atoms in total. The van der Waals surface area contributed by atoms with Gasteiger partial charge >= 0.3 is 18.2 Å². The molecule has 0 radical (unpaired) electrons. The lowest BCUT2D eigenvalue weighted by atomic mass is 9.98. The minimum Gasteiger partial charge on any atom is -0.479 e. The summed E-state index contributed by atoms with van der Waals surface area (Å²) in [6, 6.07) is 14.8. The molecule has 11 heteroatoms. The Balaban J connectivity index is 1.68. The monoisotopic (exact) mass is 480 g/mol. The maximum Gasteiger partial charge on any atom is 0.420 e. The molecule has 2 unspecified atom stereocenters. The third kappa shape index (κ3) is 4.98. The normalized spacial score (nSPS) is 15.4. The summed E-state index contributed by atoms with van der Waals surface area (Å²) in [6.45, 7) is -0.331. The average molecular weight is 480 g/mol. The van der Waals surface area contributed by atoms with Crippen LogP contribution in [-0.4, -0.2) is 59.2 Å². The summed E-state index contributed by atoms with van der Waals surface area (Å²) in [5, 5.41) is 21.3. The number of aliphatic carboxylic acids is 1. The Hall–Kier alpha value is -3.60. The topological polar surface area (TPSA) is 125 Å². The molecule has 3 rings (SSSR count). The Morgan fingerprint density at radius 2 is 1.56 bits per heavy atom. The molecule has 2 aromatic carbocycles. The Labute approximate surface area is 192 Å². The van der Waals surface area contributed by atoms with Gasteiger partial charge in [0, 0.05) is 18.9 Å². The predicted octanol–water partition coefficient (Wildman–Crippen LogP) is 2.80. The van der Waals surface area contributed by atoms with Crippen LogP contribution in [0.2, 0.25) is 0 Å². The van der Waals surface area contributed by atoms with E-state index in [4.69, 9.17) is 9.84 Å². The molecule has 0 saturated carbocycles. The van der Waals surface area contributed by atoms with Gasteiger partial charge in [-0.3, -0.25) is 10.1 Å². The first-order chi connectivity index (χ1) is 16.0. The number of rotatable bonds is 8. The minimum atomic E-state index is -5.19. The lowest BCUT2D eigenvalue weighted by Crippen LogP contribution is -2.65. The minimum absolute atomic E-state index is 0.250. The van der Waals surface area contributed by atoms with Crippen LogP contribution in [0.15, 0.2) is 48.5 Å². The first-order valence-corrected chi connectivity index (χ1v) is 10.3. The molecule has 2 atom stereocenters. The van der Waals surface area contributed by atoms with Crippen LogP contribution in [0.5, 0.6) is 0 Å². The van der Waals surface area contributed by atoms with Crippen LogP contribution < -0.4 is 10.6 Å². The number of fused-ring (bicyclic) bond motifs is 3. The molecule has 0 bridgehead atoms. The van der Waals surface area contributed by atoms with Crippen LogP contribution in [0.4, 0.5) is 18.0 Å². The Morgan fingerprint density at radius 3 is 2.06 bits per heavy atom. The van der Waals surface area contributed by atoms with Gasteiger partial charge < -0.3 is 20.3 Å². The number of ether oxygens (including phenoxy) is 1. The van der Waals surface area contributed by atoms with Crippen molar-refractivity contribution < 1.29 is 42.5 Å². The summed E-state index contributed by atoms with van der Waals surface area (Å²) in [5.74, 6) is -3.59. The maximum atomic E-state index is 13.7. The second-order valence-electron chi connectivity index (χ2n) is 7.97. The number of halogens is 3. The highest BCUT2D eigenvalue weighted by Gasteiger charge is 2.58. The molecule has 2 amide bonds. The molecule has 34 heavy (non-hydrogen) atoms. The highest BCUT2D eigenvalue weighted by molar-refractivity contribution is 5.90. The van der Waals surface area contributed by atoms with E-state index in [1.54, 1.807) is 5.32 Å². The van der Waals surface area contributed by atoms with E-state index in [0.29, 0.717) is 6.92 Å². The summed E-state index contributed by atoms with van der Waals surface area (Å²) in [7, 11) is 0. The van der Waals surface area contributed by atoms with Crippen molar-refractivity contribution in [3.8, 4) is 11.1 Å². The van der Waals surface area contributed by atoms with Crippen molar-refractivity contribution in [2.45, 2.75) is 37.1 Å². The molecule has 0 heterocycles. The second-order valence-corrected chi connectivity index (χ2v) is 7.97. The number of benzene rings is 2. The Kier molecular flexibility index (Phi) is 7.15. The molecule has 1 aliphatic carbocycles. The zero-order chi connectivity index (χ0) is 25.1. The molecule has 1 aliphatic rings. The van der Waals surface area contributed by atoms with Crippen molar-refractivity contribution in [2.24, 2.45) is 0 Å². The van der Waals surface area contributed by atoms with Crippen LogP contribution in [0.1, 0.15) is 30.4 Å². The van der Waals surface area contributed by atoms with E-state index >= 15 is 0 Å². The zero-order valence-corrected chi connectivity index (χ0v) is 18.1. The van der Waals surface area contributed by atoms with Crippen LogP contribution in [0.3, 0.4) is 0 Å². The lowest BCUT2D eigenvalue weighted by Gasteiger charge is -2.31. The van der Waals surface area contributed by atoms with Crippen molar-refractivity contribution in [1.29, 1.82) is 0 Å². The number of alkyl halides is 3. The van der Waals surface area contributed by atoms with Crippen molar-refractivity contribution >= 4 is 18.0 Å². The summed E-state index contributed by atoms with van der Waals surface area (Å²) < 4.78 is 46.2. The fraction of sp³-hybridized carbons (Fsp3) is 0.348. The molecule has 0 spiro atoms. The number of carbonyl (C=O) groups excluding carboxylic acids is 2. The summed E-state index contributed by atoms with van der Waals surface area (Å²) >= 11 is 0. The van der Waals surface area contributed by atoms with Gasteiger partial charge in [-0.25, -0.2) is 9.59 Å². The van der Waals surface area contributed by atoms with Gasteiger partial charge in [-0.05, 0) is 29.2 Å². The van der Waals surface area contributed by atoms with E-state index in [9.17, 15) is 32.7 Å². The van der Waals surface area contributed by atoms with E-state index in [0.717, 1.165) is 22.3 Å². The Morgan fingerprint density at radius 1 is 1.03 bits per heavy atom. The van der Waals surface area contributed by atoms with E-state index in [-0.39, 0.29) is 12.5 Å². The molecular formula is C23H23F3N2O6. The molecule has 0 aliphatic heterocycles. The number of aliphatic hydroxyl groups excluding tert-OH is 1. The van der Waals surface area contributed by atoms with Crippen LogP contribution >= 0.6 is 0 Å². The highest BCUT2D eigenvalue weighted by atomic mass is 19.4. The van der Waals surface area contributed by atoms with Crippen molar-refractivity contribution in [1.82, 2.24) is 10.6 Å². The summed E-state index contributed by atoms with van der Waals surface area (Å²) in [4.78, 5) is 35.2. The standard InChI is InChI=1S/C23H23F3N2O6/c1-22(23(24,25)26,20(32)27-11-10-18(29)19(30)31)28-21(33)34-12-17-15-8-4-2-6-13(15)14-7-3-5-9-16(14)17/h2-9,17-18,29H,10-12H2,1H3,(H,27,32)(H,28,33)(H,30,31). The SMILES string of the molecule is CC(NC(=O)OCC1c2ccccc2-c2ccccc21)(C(=O)NCCC(O)C(=O)O)C(F)(F)F. The number of carboxylic acid groups (broad SMARTS) is 1. The van der Waals surface area contributed by atoms with Gasteiger partial charge in [-0.2, -0.15) is 13.2 Å². The van der Waals surface area contributed by atoms with Gasteiger partial charge in [-0.15, -0.1) is 0 Å². The zero-order valence-electron chi connectivity index (χ0n) is 18.1. The number of nitrogens with one attached hydrogen (secondary N) is 2. The van der Waals surface area contributed by atoms with E-state index in [2.05, 4.69) is 0 Å². The largest absolute Gasteiger partial charge is 0.479 e. The lowest BCUT2D eigenvalue weighted by molar-refractivity contribution is -0.194. The molecule has 0 aromatic heterocycles. The number of carbonyl (C=O) groups is 3. The predicted molar refractivity (Wildman–Crippen MR) is 114 cm³/mol. The molecule has 4 N–H and O–H groups in total. The molecule has 182 valence electrons. The quantitative estimate of drug-likeness (QED) is 0.461. The van der Waals surface area contributed by atoms with Crippen LogP contribution in [0.25, 0.3) is 11.1 Å². The van der Waals surface area contributed by atoms with E-state index in [1.165, 1.54) is 0 Å². The van der Waals surface area contributed by atoms with Gasteiger partial charge in [0.25, 0.3) is 5.91 Å². The third-order valence-electron chi connectivity index (χ3n) is 5.71. The fourth-order valence-corrected chi connectivity index (χ4v) is 3.72. The molecule has 0 saturated heterocycles. The number of carboxylic acids is 1. The Bertz CT molecular complexity index is 1040.